The molecule has 0 saturated heterocycles. The first-order valence-corrected chi connectivity index (χ1v) is 6.62. The Morgan fingerprint density at radius 3 is 2.28 bits per heavy atom. The zero-order chi connectivity index (χ0) is 13.6. The van der Waals surface area contributed by atoms with E-state index in [2.05, 4.69) is 0 Å². The van der Waals surface area contributed by atoms with Gasteiger partial charge in [0, 0.05) is 5.92 Å². The number of ether oxygens (including phenoxy) is 1. The number of allylic oxidation sites excluding steroid dienone is 2. The van der Waals surface area contributed by atoms with E-state index in [0.29, 0.717) is 11.8 Å². The summed E-state index contributed by atoms with van der Waals surface area (Å²) in [4.78, 5) is 0. The highest BCUT2D eigenvalue weighted by Gasteiger charge is 2.47. The number of fused-ring (bicyclic) bond motifs is 2. The summed E-state index contributed by atoms with van der Waals surface area (Å²) in [6.45, 7) is 5.24. The van der Waals surface area contributed by atoms with Crippen LogP contribution in [0.15, 0.2) is 11.8 Å². The van der Waals surface area contributed by atoms with Gasteiger partial charge in [-0.05, 0) is 51.9 Å². The van der Waals surface area contributed by atoms with Crippen LogP contribution in [0.25, 0.3) is 0 Å². The van der Waals surface area contributed by atoms with Crippen LogP contribution < -0.4 is 0 Å². The monoisotopic (exact) mass is 262 g/mol. The largest absolute Gasteiger partial charge is 0.492 e. The van der Waals surface area contributed by atoms with Gasteiger partial charge >= 0.3 is 6.18 Å². The van der Waals surface area contributed by atoms with E-state index < -0.39 is 11.8 Å². The van der Waals surface area contributed by atoms with Crippen molar-refractivity contribution in [1.82, 2.24) is 0 Å². The van der Waals surface area contributed by atoms with Crippen molar-refractivity contribution in [3.05, 3.63) is 11.8 Å². The Balaban J connectivity index is 2.01. The van der Waals surface area contributed by atoms with E-state index in [1.165, 1.54) is 26.2 Å². The maximum atomic E-state index is 12.3. The topological polar surface area (TPSA) is 9.23 Å². The van der Waals surface area contributed by atoms with Crippen molar-refractivity contribution in [2.75, 3.05) is 0 Å². The zero-order valence-corrected chi connectivity index (χ0v) is 11.2. The van der Waals surface area contributed by atoms with Gasteiger partial charge in [-0.2, -0.15) is 13.2 Å². The normalized spacial score (nSPS) is 33.0. The Labute approximate surface area is 106 Å². The smallest absolute Gasteiger partial charge is 0.412 e. The number of hydrogen-bond acceptors (Lipinski definition) is 1. The molecule has 2 bridgehead atoms. The van der Waals surface area contributed by atoms with Crippen LogP contribution in [0.1, 0.15) is 46.5 Å². The third kappa shape index (κ3) is 3.01. The first kappa shape index (κ1) is 13.8. The number of hydrogen-bond donors (Lipinski definition) is 0. The lowest BCUT2D eigenvalue weighted by atomic mass is 9.78. The van der Waals surface area contributed by atoms with Crippen molar-refractivity contribution in [2.45, 2.75) is 58.2 Å². The van der Waals surface area contributed by atoms with Gasteiger partial charge in [-0.25, -0.2) is 0 Å². The van der Waals surface area contributed by atoms with E-state index in [-0.39, 0.29) is 11.8 Å². The molecule has 0 N–H and O–H groups in total. The summed E-state index contributed by atoms with van der Waals surface area (Å²) in [6.07, 6.45) is 0.798. The van der Waals surface area contributed by atoms with Crippen LogP contribution in [-0.4, -0.2) is 11.8 Å². The van der Waals surface area contributed by atoms with Crippen molar-refractivity contribution in [3.63, 3.8) is 0 Å². The maximum Gasteiger partial charge on any atom is 0.412 e. The van der Waals surface area contributed by atoms with E-state index >= 15 is 0 Å². The second-order valence-electron chi connectivity index (χ2n) is 6.28. The molecule has 104 valence electrons. The first-order chi connectivity index (χ1) is 8.17. The van der Waals surface area contributed by atoms with Gasteiger partial charge in [-0.15, -0.1) is 0 Å². The second kappa shape index (κ2) is 4.46. The Morgan fingerprint density at radius 1 is 1.17 bits per heavy atom. The minimum atomic E-state index is -4.30. The van der Waals surface area contributed by atoms with Gasteiger partial charge in [0.05, 0.1) is 11.8 Å². The van der Waals surface area contributed by atoms with E-state index in [4.69, 9.17) is 4.74 Å². The van der Waals surface area contributed by atoms with Crippen molar-refractivity contribution in [1.29, 1.82) is 0 Å². The quantitative estimate of drug-likeness (QED) is 0.671. The summed E-state index contributed by atoms with van der Waals surface area (Å²) in [5.41, 5.74) is -0.494. The van der Waals surface area contributed by atoms with Gasteiger partial charge in [0.25, 0.3) is 0 Å². The highest BCUT2D eigenvalue weighted by Crippen LogP contribution is 2.53. The molecule has 0 amide bonds. The Morgan fingerprint density at radius 2 is 1.83 bits per heavy atom. The van der Waals surface area contributed by atoms with Gasteiger partial charge in [-0.3, -0.25) is 0 Å². The van der Waals surface area contributed by atoms with Crippen molar-refractivity contribution in [2.24, 2.45) is 17.8 Å². The Kier molecular flexibility index (Phi) is 3.41. The summed E-state index contributed by atoms with van der Waals surface area (Å²) in [6, 6.07) is 0. The summed E-state index contributed by atoms with van der Waals surface area (Å²) in [7, 11) is 0. The minimum absolute atomic E-state index is 0.0322. The van der Waals surface area contributed by atoms with Crippen molar-refractivity contribution >= 4 is 0 Å². The predicted molar refractivity (Wildman–Crippen MR) is 63.9 cm³/mol. The number of rotatable bonds is 3. The van der Waals surface area contributed by atoms with Crippen LogP contribution in [0.4, 0.5) is 13.2 Å². The molecule has 2 fully saturated rings. The van der Waals surface area contributed by atoms with Gasteiger partial charge < -0.3 is 4.74 Å². The molecule has 0 aromatic heterocycles. The molecule has 0 aromatic carbocycles. The molecule has 2 aliphatic carbocycles. The molecule has 3 unspecified atom stereocenters. The summed E-state index contributed by atoms with van der Waals surface area (Å²) >= 11 is 0. The molecule has 0 heterocycles. The fourth-order valence-corrected chi connectivity index (χ4v) is 3.85. The van der Waals surface area contributed by atoms with E-state index in [1.807, 2.05) is 13.8 Å². The molecular formula is C14H21F3O. The molecule has 2 rings (SSSR count). The Bertz CT molecular complexity index is 343. The summed E-state index contributed by atoms with van der Waals surface area (Å²) in [5.74, 6) is 1.78. The fraction of sp³-hybridized carbons (Fsp3) is 0.857. The van der Waals surface area contributed by atoms with Gasteiger partial charge in [0.15, 0.2) is 0 Å². The number of alkyl halides is 3. The minimum Gasteiger partial charge on any atom is -0.492 e. The average molecular weight is 262 g/mol. The third-order valence-corrected chi connectivity index (χ3v) is 4.42. The van der Waals surface area contributed by atoms with E-state index in [0.717, 1.165) is 12.3 Å². The zero-order valence-electron chi connectivity index (χ0n) is 11.2. The van der Waals surface area contributed by atoms with Crippen LogP contribution in [-0.2, 0) is 4.74 Å². The summed E-state index contributed by atoms with van der Waals surface area (Å²) < 4.78 is 42.3. The van der Waals surface area contributed by atoms with Crippen molar-refractivity contribution in [3.8, 4) is 0 Å². The summed E-state index contributed by atoms with van der Waals surface area (Å²) in [5, 5.41) is 0. The molecule has 0 aromatic rings. The fourth-order valence-electron chi connectivity index (χ4n) is 3.85. The molecule has 0 radical (unpaired) electrons. The molecule has 4 heteroatoms. The molecule has 0 spiro atoms. The lowest BCUT2D eigenvalue weighted by Gasteiger charge is -2.38. The second-order valence-corrected chi connectivity index (χ2v) is 6.28. The molecular weight excluding hydrogens is 241 g/mol. The first-order valence-electron chi connectivity index (χ1n) is 6.62. The lowest BCUT2D eigenvalue weighted by Crippen LogP contribution is -2.37. The average Bonchev–Trinajstić information content (AvgIpc) is 2.73. The SMILES string of the molecule is CC(=CC(F)(F)F)OC(C)(C)C1CC2CCC1C2. The number of halogens is 3. The lowest BCUT2D eigenvalue weighted by molar-refractivity contribution is -0.0894. The standard InChI is InChI=1S/C14H21F3O/c1-9(8-14(15,16)17)18-13(2,3)12-7-10-4-5-11(12)6-10/h8,10-12H,4-7H2,1-3H3. The third-order valence-electron chi connectivity index (χ3n) is 4.42. The molecule has 2 saturated carbocycles. The van der Waals surface area contributed by atoms with Gasteiger partial charge in [0.1, 0.15) is 5.60 Å². The van der Waals surface area contributed by atoms with Crippen LogP contribution >= 0.6 is 0 Å². The molecule has 3 atom stereocenters. The van der Waals surface area contributed by atoms with Gasteiger partial charge in [0.2, 0.25) is 0 Å². The van der Waals surface area contributed by atoms with Crippen molar-refractivity contribution < 1.29 is 17.9 Å². The molecule has 1 nitrogen and oxygen atoms in total. The molecule has 0 aliphatic heterocycles. The predicted octanol–water partition coefficient (Wildman–Crippen LogP) is 4.68. The molecule has 2 aliphatic rings. The van der Waals surface area contributed by atoms with Crippen LogP contribution in [0.3, 0.4) is 0 Å². The van der Waals surface area contributed by atoms with E-state index in [9.17, 15) is 13.2 Å². The highest BCUT2D eigenvalue weighted by atomic mass is 19.4. The van der Waals surface area contributed by atoms with Crippen LogP contribution in [0.2, 0.25) is 0 Å². The molecule has 18 heavy (non-hydrogen) atoms. The van der Waals surface area contributed by atoms with Crippen LogP contribution in [0.5, 0.6) is 0 Å². The van der Waals surface area contributed by atoms with Gasteiger partial charge in [-0.1, -0.05) is 6.42 Å². The maximum absolute atomic E-state index is 12.3. The van der Waals surface area contributed by atoms with E-state index in [1.54, 1.807) is 0 Å². The Hall–Kier alpha value is -0.670. The highest BCUT2D eigenvalue weighted by molar-refractivity contribution is 5.02. The van der Waals surface area contributed by atoms with Crippen LogP contribution in [0, 0.1) is 17.8 Å².